The van der Waals surface area contributed by atoms with E-state index >= 15 is 0 Å². The van der Waals surface area contributed by atoms with Gasteiger partial charge in [0, 0.05) is 19.1 Å². The molecule has 11 heteroatoms. The summed E-state index contributed by atoms with van der Waals surface area (Å²) in [6.45, 7) is -0.376. The predicted octanol–water partition coefficient (Wildman–Crippen LogP) is 1.92. The average Bonchev–Trinajstić information content (AvgIpc) is 2.90. The number of benzene rings is 1. The molecule has 5 nitrogen and oxygen atoms in total. The normalized spacial score (nSPS) is 19.8. The fraction of sp³-hybridized carbons (Fsp3) is 0.417. The molecule has 128 valence electrons. The molecule has 1 unspecified atom stereocenters. The van der Waals surface area contributed by atoms with Crippen LogP contribution < -0.4 is 5.32 Å². The van der Waals surface area contributed by atoms with Gasteiger partial charge in [-0.1, -0.05) is 11.6 Å². The molecular formula is C12H11ClF4N2O3S. The third kappa shape index (κ3) is 3.93. The summed E-state index contributed by atoms with van der Waals surface area (Å²) in [6.07, 6.45) is -4.99. The fourth-order valence-electron chi connectivity index (χ4n) is 2.12. The zero-order valence-corrected chi connectivity index (χ0v) is 13.0. The minimum atomic E-state index is -5.03. The van der Waals surface area contributed by atoms with Crippen molar-refractivity contribution in [2.24, 2.45) is 0 Å². The van der Waals surface area contributed by atoms with Crippen molar-refractivity contribution in [2.75, 3.05) is 13.1 Å². The van der Waals surface area contributed by atoms with E-state index in [0.29, 0.717) is 0 Å². The van der Waals surface area contributed by atoms with Crippen molar-refractivity contribution in [1.82, 2.24) is 9.62 Å². The summed E-state index contributed by atoms with van der Waals surface area (Å²) in [5.41, 5.74) is 0. The first-order valence-corrected chi connectivity index (χ1v) is 8.16. The molecule has 1 aliphatic rings. The second-order valence-electron chi connectivity index (χ2n) is 4.90. The highest BCUT2D eigenvalue weighted by molar-refractivity contribution is 7.89. The maximum absolute atomic E-state index is 13.1. The number of rotatable bonds is 3. The molecule has 0 aromatic heterocycles. The Kier molecular flexibility index (Phi) is 4.88. The van der Waals surface area contributed by atoms with E-state index in [1.54, 1.807) is 5.32 Å². The quantitative estimate of drug-likeness (QED) is 0.822. The highest BCUT2D eigenvalue weighted by Gasteiger charge is 2.42. The largest absolute Gasteiger partial charge is 0.471 e. The van der Waals surface area contributed by atoms with E-state index in [2.05, 4.69) is 0 Å². The Balaban J connectivity index is 2.11. The molecule has 1 amide bonds. The number of nitrogens with one attached hydrogen (secondary N) is 1. The molecule has 23 heavy (non-hydrogen) atoms. The fourth-order valence-corrected chi connectivity index (χ4v) is 3.89. The van der Waals surface area contributed by atoms with Gasteiger partial charge < -0.3 is 5.32 Å². The molecule has 2 rings (SSSR count). The molecule has 1 N–H and O–H groups in total. The Morgan fingerprint density at radius 2 is 2.00 bits per heavy atom. The standard InChI is InChI=1S/C12H11ClF4N2O3S/c13-9-5-8(1-2-10(9)14)23(21,22)19-4-3-7(6-19)18-11(20)12(15,16)17/h1-2,5,7H,3-4,6H2,(H,18,20). The van der Waals surface area contributed by atoms with E-state index in [1.807, 2.05) is 0 Å². The van der Waals surface area contributed by atoms with Crippen LogP contribution in [0, 0.1) is 5.82 Å². The third-order valence-corrected chi connectivity index (χ3v) is 5.42. The highest BCUT2D eigenvalue weighted by atomic mass is 35.5. The van der Waals surface area contributed by atoms with Crippen molar-refractivity contribution in [1.29, 1.82) is 0 Å². The van der Waals surface area contributed by atoms with E-state index in [0.717, 1.165) is 22.5 Å². The molecule has 0 spiro atoms. The first kappa shape index (κ1) is 18.0. The van der Waals surface area contributed by atoms with Crippen LogP contribution in [-0.2, 0) is 14.8 Å². The van der Waals surface area contributed by atoms with Crippen molar-refractivity contribution in [3.8, 4) is 0 Å². The second kappa shape index (κ2) is 6.25. The predicted molar refractivity (Wildman–Crippen MR) is 72.8 cm³/mol. The summed E-state index contributed by atoms with van der Waals surface area (Å²) >= 11 is 5.53. The van der Waals surface area contributed by atoms with Crippen LogP contribution in [0.15, 0.2) is 23.1 Å². The van der Waals surface area contributed by atoms with Crippen molar-refractivity contribution in [3.63, 3.8) is 0 Å². The summed E-state index contributed by atoms with van der Waals surface area (Å²) in [6, 6.07) is 1.87. The van der Waals surface area contributed by atoms with Crippen LogP contribution in [0.3, 0.4) is 0 Å². The van der Waals surface area contributed by atoms with Crippen LogP contribution in [0.25, 0.3) is 0 Å². The number of carbonyl (C=O) groups excluding carboxylic acids is 1. The van der Waals surface area contributed by atoms with Gasteiger partial charge in [0.1, 0.15) is 5.82 Å². The van der Waals surface area contributed by atoms with Gasteiger partial charge in [0.25, 0.3) is 0 Å². The smallest absolute Gasteiger partial charge is 0.344 e. The van der Waals surface area contributed by atoms with E-state index in [4.69, 9.17) is 11.6 Å². The Morgan fingerprint density at radius 1 is 1.35 bits per heavy atom. The van der Waals surface area contributed by atoms with Gasteiger partial charge in [-0.15, -0.1) is 0 Å². The van der Waals surface area contributed by atoms with Crippen molar-refractivity contribution in [2.45, 2.75) is 23.5 Å². The molecule has 1 aromatic rings. The maximum Gasteiger partial charge on any atom is 0.471 e. The van der Waals surface area contributed by atoms with Crippen LogP contribution in [-0.4, -0.2) is 43.9 Å². The minimum Gasteiger partial charge on any atom is -0.344 e. The molecule has 0 aliphatic carbocycles. The van der Waals surface area contributed by atoms with E-state index in [9.17, 15) is 30.8 Å². The van der Waals surface area contributed by atoms with Crippen LogP contribution in [0.4, 0.5) is 17.6 Å². The molecule has 1 fully saturated rings. The lowest BCUT2D eigenvalue weighted by atomic mass is 10.2. The van der Waals surface area contributed by atoms with E-state index < -0.39 is 34.0 Å². The number of amides is 1. The molecule has 1 aliphatic heterocycles. The molecule has 0 bridgehead atoms. The molecule has 1 atom stereocenters. The maximum atomic E-state index is 13.1. The first-order chi connectivity index (χ1) is 10.5. The first-order valence-electron chi connectivity index (χ1n) is 6.34. The summed E-state index contributed by atoms with van der Waals surface area (Å²) < 4.78 is 75.2. The minimum absolute atomic E-state index is 0.0377. The average molecular weight is 375 g/mol. The molecule has 1 saturated heterocycles. The zero-order valence-electron chi connectivity index (χ0n) is 11.4. The number of nitrogens with zero attached hydrogens (tertiary/aromatic N) is 1. The number of hydrogen-bond donors (Lipinski definition) is 1. The summed E-state index contributed by atoms with van der Waals surface area (Å²) in [7, 11) is -4.03. The van der Waals surface area contributed by atoms with Crippen molar-refractivity contribution >= 4 is 27.5 Å². The lowest BCUT2D eigenvalue weighted by Crippen LogP contribution is -2.44. The van der Waals surface area contributed by atoms with Gasteiger partial charge in [-0.3, -0.25) is 4.79 Å². The molecule has 0 saturated carbocycles. The van der Waals surface area contributed by atoms with Crippen molar-refractivity contribution < 1.29 is 30.8 Å². The second-order valence-corrected chi connectivity index (χ2v) is 7.24. The topological polar surface area (TPSA) is 66.5 Å². The van der Waals surface area contributed by atoms with E-state index in [-0.39, 0.29) is 29.4 Å². The lowest BCUT2D eigenvalue weighted by molar-refractivity contribution is -0.174. The number of alkyl halides is 3. The number of sulfonamides is 1. The van der Waals surface area contributed by atoms with Gasteiger partial charge in [0.2, 0.25) is 10.0 Å². The van der Waals surface area contributed by atoms with Gasteiger partial charge >= 0.3 is 12.1 Å². The van der Waals surface area contributed by atoms with Crippen molar-refractivity contribution in [3.05, 3.63) is 29.0 Å². The third-order valence-electron chi connectivity index (χ3n) is 3.27. The van der Waals surface area contributed by atoms with Gasteiger partial charge in [0.05, 0.1) is 9.92 Å². The summed E-state index contributed by atoms with van der Waals surface area (Å²) in [4.78, 5) is 10.6. The van der Waals surface area contributed by atoms with Gasteiger partial charge in [0.15, 0.2) is 0 Å². The highest BCUT2D eigenvalue weighted by Crippen LogP contribution is 2.25. The van der Waals surface area contributed by atoms with Crippen LogP contribution >= 0.6 is 11.6 Å². The molecule has 0 radical (unpaired) electrons. The Labute approximate surface area is 134 Å². The van der Waals surface area contributed by atoms with Gasteiger partial charge in [-0.25, -0.2) is 12.8 Å². The van der Waals surface area contributed by atoms with Crippen LogP contribution in [0.2, 0.25) is 5.02 Å². The molecule has 1 aromatic carbocycles. The molecule has 1 heterocycles. The SMILES string of the molecule is O=C(NC1CCN(S(=O)(=O)c2ccc(F)c(Cl)c2)C1)C(F)(F)F. The van der Waals surface area contributed by atoms with Gasteiger partial charge in [-0.2, -0.15) is 17.5 Å². The number of hydrogen-bond acceptors (Lipinski definition) is 3. The number of carbonyl (C=O) groups is 1. The lowest BCUT2D eigenvalue weighted by Gasteiger charge is -2.18. The Hall–Kier alpha value is -1.39. The number of halogens is 5. The van der Waals surface area contributed by atoms with Crippen LogP contribution in [0.1, 0.15) is 6.42 Å². The monoisotopic (exact) mass is 374 g/mol. The Bertz CT molecular complexity index is 724. The molecular weight excluding hydrogens is 364 g/mol. The van der Waals surface area contributed by atoms with Crippen LogP contribution in [0.5, 0.6) is 0 Å². The zero-order chi connectivity index (χ0) is 17.4. The summed E-state index contributed by atoms with van der Waals surface area (Å²) in [5, 5.41) is 1.35. The van der Waals surface area contributed by atoms with E-state index in [1.165, 1.54) is 0 Å². The summed E-state index contributed by atoms with van der Waals surface area (Å²) in [5.74, 6) is -2.91. The van der Waals surface area contributed by atoms with Gasteiger partial charge in [-0.05, 0) is 24.6 Å². The Morgan fingerprint density at radius 3 is 2.57 bits per heavy atom.